The molecule has 1 unspecified atom stereocenters. The maximum absolute atomic E-state index is 12.8. The summed E-state index contributed by atoms with van der Waals surface area (Å²) in [4.78, 5) is 38.6. The maximum atomic E-state index is 12.8. The van der Waals surface area contributed by atoms with Gasteiger partial charge in [0.15, 0.2) is 11.3 Å². The number of carbonyl (C=O) groups is 1. The van der Waals surface area contributed by atoms with Crippen LogP contribution in [0.3, 0.4) is 0 Å². The fourth-order valence-corrected chi connectivity index (χ4v) is 4.12. The quantitative estimate of drug-likeness (QED) is 0.695. The third-order valence-electron chi connectivity index (χ3n) is 4.46. The number of amides is 1. The number of piperidine rings is 1. The molecular weight excluding hydrogens is 383 g/mol. The average Bonchev–Trinajstić information content (AvgIpc) is 3.26. The minimum atomic E-state index is -4.47. The molecular formula is C16H14F3N5O2S. The van der Waals surface area contributed by atoms with E-state index in [0.717, 1.165) is 16.7 Å². The van der Waals surface area contributed by atoms with Crippen LogP contribution in [0.1, 0.15) is 39.9 Å². The number of carbonyl (C=O) groups excluding carboxylic acids is 1. The fraction of sp³-hybridized carbons (Fsp3) is 0.375. The number of hydrogen-bond acceptors (Lipinski definition) is 5. The number of rotatable bonds is 2. The molecule has 4 rings (SSSR count). The van der Waals surface area contributed by atoms with E-state index >= 15 is 0 Å². The first-order valence-electron chi connectivity index (χ1n) is 8.22. The number of nitrogens with zero attached hydrogens (tertiary/aromatic N) is 3. The molecule has 0 bridgehead atoms. The topological polar surface area (TPSA) is 94.7 Å². The van der Waals surface area contributed by atoms with E-state index in [1.807, 2.05) is 0 Å². The average molecular weight is 397 g/mol. The molecule has 4 heterocycles. The molecule has 27 heavy (non-hydrogen) atoms. The Morgan fingerprint density at radius 2 is 2.07 bits per heavy atom. The van der Waals surface area contributed by atoms with E-state index < -0.39 is 17.6 Å². The Morgan fingerprint density at radius 1 is 1.26 bits per heavy atom. The largest absolute Gasteiger partial charge is 0.434 e. The molecule has 11 heteroatoms. The summed E-state index contributed by atoms with van der Waals surface area (Å²) in [5, 5.41) is 1.39. The molecule has 1 fully saturated rings. The molecule has 3 aromatic rings. The molecule has 1 atom stereocenters. The third-order valence-corrected chi connectivity index (χ3v) is 5.47. The summed E-state index contributed by atoms with van der Waals surface area (Å²) < 4.78 is 38.3. The standard InChI is InChI=1S/C16H14F3N5O2S/c17-16(18,19)11-7-27-13(22-11)8-2-1-5-24(6-8)14(25)10-4-3-9-12(20-10)23-15(26)21-9/h3-4,7-8H,1-2,5-6H2,(H2,20,21,23,26). The third kappa shape index (κ3) is 3.46. The highest BCUT2D eigenvalue weighted by atomic mass is 32.1. The Hall–Kier alpha value is -2.69. The maximum Gasteiger partial charge on any atom is 0.434 e. The number of H-pyrrole nitrogens is 2. The summed E-state index contributed by atoms with van der Waals surface area (Å²) in [7, 11) is 0. The zero-order valence-electron chi connectivity index (χ0n) is 13.8. The second-order valence-electron chi connectivity index (χ2n) is 6.33. The highest BCUT2D eigenvalue weighted by Gasteiger charge is 2.35. The van der Waals surface area contributed by atoms with Crippen molar-refractivity contribution in [1.82, 2.24) is 24.8 Å². The predicted octanol–water partition coefficient (Wildman–Crippen LogP) is 2.75. The van der Waals surface area contributed by atoms with Crippen molar-refractivity contribution >= 4 is 28.4 Å². The van der Waals surface area contributed by atoms with Crippen LogP contribution in [0.5, 0.6) is 0 Å². The van der Waals surface area contributed by atoms with E-state index in [0.29, 0.717) is 29.9 Å². The van der Waals surface area contributed by atoms with Crippen LogP contribution in [0.4, 0.5) is 13.2 Å². The Labute approximate surface area is 154 Å². The Morgan fingerprint density at radius 3 is 2.81 bits per heavy atom. The van der Waals surface area contributed by atoms with Gasteiger partial charge in [-0.25, -0.2) is 14.8 Å². The van der Waals surface area contributed by atoms with E-state index in [-0.39, 0.29) is 29.7 Å². The molecule has 0 radical (unpaired) electrons. The highest BCUT2D eigenvalue weighted by molar-refractivity contribution is 7.09. The molecule has 1 saturated heterocycles. The van der Waals surface area contributed by atoms with Crippen LogP contribution in [-0.2, 0) is 6.18 Å². The number of halogens is 3. The van der Waals surface area contributed by atoms with E-state index in [1.54, 1.807) is 11.0 Å². The van der Waals surface area contributed by atoms with Crippen LogP contribution in [0.2, 0.25) is 0 Å². The van der Waals surface area contributed by atoms with Gasteiger partial charge >= 0.3 is 11.9 Å². The minimum absolute atomic E-state index is 0.175. The zero-order chi connectivity index (χ0) is 19.2. The first-order chi connectivity index (χ1) is 12.8. The normalized spacial score (nSPS) is 18.2. The number of pyridine rings is 1. The first-order valence-corrected chi connectivity index (χ1v) is 9.10. The number of aromatic nitrogens is 4. The molecule has 0 saturated carbocycles. The summed E-state index contributed by atoms with van der Waals surface area (Å²) in [6, 6.07) is 3.11. The van der Waals surface area contributed by atoms with Gasteiger partial charge in [-0.3, -0.25) is 9.78 Å². The smallest absolute Gasteiger partial charge is 0.337 e. The van der Waals surface area contributed by atoms with Gasteiger partial charge in [-0.2, -0.15) is 13.2 Å². The van der Waals surface area contributed by atoms with Crippen LogP contribution in [-0.4, -0.2) is 43.8 Å². The van der Waals surface area contributed by atoms with Gasteiger partial charge < -0.3 is 9.88 Å². The van der Waals surface area contributed by atoms with Gasteiger partial charge in [0.25, 0.3) is 5.91 Å². The Kier molecular flexibility index (Phi) is 4.25. The summed E-state index contributed by atoms with van der Waals surface area (Å²) >= 11 is 0.969. The molecule has 7 nitrogen and oxygen atoms in total. The van der Waals surface area contributed by atoms with Gasteiger partial charge in [-0.15, -0.1) is 11.3 Å². The SMILES string of the molecule is O=C(c1ccc2[nH]c(=O)[nH]c2n1)N1CCCC(c2nc(C(F)(F)F)cs2)C1. The van der Waals surface area contributed by atoms with Crippen molar-refractivity contribution in [2.75, 3.05) is 13.1 Å². The number of nitrogens with one attached hydrogen (secondary N) is 2. The second-order valence-corrected chi connectivity index (χ2v) is 7.22. The lowest BCUT2D eigenvalue weighted by atomic mass is 9.98. The van der Waals surface area contributed by atoms with Gasteiger partial charge in [-0.05, 0) is 25.0 Å². The molecule has 0 aliphatic carbocycles. The van der Waals surface area contributed by atoms with Crippen molar-refractivity contribution in [2.45, 2.75) is 24.9 Å². The monoisotopic (exact) mass is 397 g/mol. The Bertz CT molecular complexity index is 1050. The molecule has 3 aromatic heterocycles. The summed E-state index contributed by atoms with van der Waals surface area (Å²) in [5.41, 5.74) is -0.350. The number of thiazole rings is 1. The number of hydrogen-bond donors (Lipinski definition) is 2. The van der Waals surface area contributed by atoms with Crippen molar-refractivity contribution in [3.8, 4) is 0 Å². The van der Waals surface area contributed by atoms with Gasteiger partial charge in [0, 0.05) is 24.4 Å². The first kappa shape index (κ1) is 17.7. The Balaban J connectivity index is 1.54. The number of aromatic amines is 2. The zero-order valence-corrected chi connectivity index (χ0v) is 14.7. The van der Waals surface area contributed by atoms with Gasteiger partial charge in [-0.1, -0.05) is 0 Å². The van der Waals surface area contributed by atoms with Crippen molar-refractivity contribution < 1.29 is 18.0 Å². The van der Waals surface area contributed by atoms with Crippen LogP contribution in [0.25, 0.3) is 11.2 Å². The molecule has 0 spiro atoms. The number of fused-ring (bicyclic) bond motifs is 1. The fourth-order valence-electron chi connectivity index (χ4n) is 3.17. The van der Waals surface area contributed by atoms with E-state index in [9.17, 15) is 22.8 Å². The van der Waals surface area contributed by atoms with Crippen LogP contribution >= 0.6 is 11.3 Å². The van der Waals surface area contributed by atoms with E-state index in [4.69, 9.17) is 0 Å². The lowest BCUT2D eigenvalue weighted by Gasteiger charge is -2.31. The van der Waals surface area contributed by atoms with E-state index in [1.165, 1.54) is 6.07 Å². The van der Waals surface area contributed by atoms with Gasteiger partial charge in [0.1, 0.15) is 5.69 Å². The number of alkyl halides is 3. The molecule has 2 N–H and O–H groups in total. The lowest BCUT2D eigenvalue weighted by Crippen LogP contribution is -2.39. The minimum Gasteiger partial charge on any atom is -0.337 e. The van der Waals surface area contributed by atoms with Crippen LogP contribution in [0.15, 0.2) is 22.3 Å². The van der Waals surface area contributed by atoms with Crippen molar-refractivity contribution in [3.63, 3.8) is 0 Å². The van der Waals surface area contributed by atoms with Gasteiger partial charge in [0.2, 0.25) is 0 Å². The second kappa shape index (κ2) is 6.48. The number of likely N-dealkylation sites (tertiary alicyclic amines) is 1. The summed E-state index contributed by atoms with van der Waals surface area (Å²) in [5.74, 6) is -0.559. The highest BCUT2D eigenvalue weighted by Crippen LogP contribution is 2.35. The van der Waals surface area contributed by atoms with Crippen LogP contribution < -0.4 is 5.69 Å². The molecule has 142 valence electrons. The number of imidazole rings is 1. The predicted molar refractivity (Wildman–Crippen MR) is 91.7 cm³/mol. The molecule has 1 aliphatic heterocycles. The molecule has 0 aromatic carbocycles. The lowest BCUT2D eigenvalue weighted by molar-refractivity contribution is -0.140. The van der Waals surface area contributed by atoms with Crippen molar-refractivity contribution in [3.05, 3.63) is 44.4 Å². The van der Waals surface area contributed by atoms with Gasteiger partial charge in [0.05, 0.1) is 10.5 Å². The van der Waals surface area contributed by atoms with Crippen molar-refractivity contribution in [1.29, 1.82) is 0 Å². The van der Waals surface area contributed by atoms with Crippen LogP contribution in [0, 0.1) is 0 Å². The molecule has 1 aliphatic rings. The van der Waals surface area contributed by atoms with Crippen molar-refractivity contribution in [2.24, 2.45) is 0 Å². The molecule has 1 amide bonds. The summed E-state index contributed by atoms with van der Waals surface area (Å²) in [6.07, 6.45) is -3.13. The summed E-state index contributed by atoms with van der Waals surface area (Å²) in [6.45, 7) is 0.781. The van der Waals surface area contributed by atoms with E-state index in [2.05, 4.69) is 19.9 Å².